The Hall–Kier alpha value is -1.35. The number of nitrogens with two attached hydrogens (primary N) is 1. The van der Waals surface area contributed by atoms with E-state index in [1.807, 2.05) is 0 Å². The number of hydrogen-bond acceptors (Lipinski definition) is 3. The summed E-state index contributed by atoms with van der Waals surface area (Å²) in [5, 5.41) is 0. The molecular weight excluding hydrogens is 190 g/mol. The first-order valence-electron chi connectivity index (χ1n) is 4.95. The number of carbonyl (C=O) groups is 1. The standard InChI is InChI=1S/C12H19NO2/c1-4-6-11(7-5-2)10(3)12(14)15-9-8-13/h4-5H,1-2,6-9,13H2,3H3. The summed E-state index contributed by atoms with van der Waals surface area (Å²) in [7, 11) is 0. The monoisotopic (exact) mass is 209 g/mol. The van der Waals surface area contributed by atoms with Crippen LogP contribution < -0.4 is 5.73 Å². The van der Waals surface area contributed by atoms with Gasteiger partial charge in [-0.15, -0.1) is 13.2 Å². The first-order chi connectivity index (χ1) is 7.17. The third-order valence-electron chi connectivity index (χ3n) is 1.97. The molecule has 0 amide bonds. The number of rotatable bonds is 7. The Morgan fingerprint density at radius 3 is 2.27 bits per heavy atom. The summed E-state index contributed by atoms with van der Waals surface area (Å²) < 4.78 is 4.94. The van der Waals surface area contributed by atoms with Crippen molar-refractivity contribution in [2.45, 2.75) is 19.8 Å². The van der Waals surface area contributed by atoms with Crippen molar-refractivity contribution < 1.29 is 9.53 Å². The maximum atomic E-state index is 11.5. The highest BCUT2D eigenvalue weighted by Gasteiger charge is 2.09. The third-order valence-corrected chi connectivity index (χ3v) is 1.97. The molecule has 0 rings (SSSR count). The van der Waals surface area contributed by atoms with Gasteiger partial charge in [0.05, 0.1) is 0 Å². The van der Waals surface area contributed by atoms with E-state index in [1.165, 1.54) is 0 Å². The molecule has 0 atom stereocenters. The van der Waals surface area contributed by atoms with Gasteiger partial charge in [0.2, 0.25) is 0 Å². The molecule has 15 heavy (non-hydrogen) atoms. The third kappa shape index (κ3) is 5.18. The van der Waals surface area contributed by atoms with Gasteiger partial charge in [0.15, 0.2) is 0 Å². The van der Waals surface area contributed by atoms with Crippen LogP contribution in [0.3, 0.4) is 0 Å². The Morgan fingerprint density at radius 2 is 1.87 bits per heavy atom. The Bertz CT molecular complexity index is 255. The van der Waals surface area contributed by atoms with E-state index in [2.05, 4.69) is 13.2 Å². The molecule has 0 spiro atoms. The molecule has 0 bridgehead atoms. The van der Waals surface area contributed by atoms with E-state index in [9.17, 15) is 4.79 Å². The second-order valence-corrected chi connectivity index (χ2v) is 3.14. The maximum Gasteiger partial charge on any atom is 0.333 e. The summed E-state index contributed by atoms with van der Waals surface area (Å²) in [4.78, 5) is 11.5. The van der Waals surface area contributed by atoms with Crippen LogP contribution in [0.4, 0.5) is 0 Å². The molecule has 0 aliphatic carbocycles. The summed E-state index contributed by atoms with van der Waals surface area (Å²) in [6.07, 6.45) is 4.88. The van der Waals surface area contributed by atoms with Gasteiger partial charge < -0.3 is 10.5 Å². The summed E-state index contributed by atoms with van der Waals surface area (Å²) in [5.74, 6) is -0.306. The second-order valence-electron chi connectivity index (χ2n) is 3.14. The lowest BCUT2D eigenvalue weighted by atomic mass is 10.0. The lowest BCUT2D eigenvalue weighted by Gasteiger charge is -2.08. The average molecular weight is 209 g/mol. The van der Waals surface area contributed by atoms with E-state index in [0.29, 0.717) is 25.0 Å². The number of carbonyl (C=O) groups excluding carboxylic acids is 1. The van der Waals surface area contributed by atoms with Crippen molar-refractivity contribution in [3.8, 4) is 0 Å². The van der Waals surface area contributed by atoms with E-state index in [4.69, 9.17) is 10.5 Å². The van der Waals surface area contributed by atoms with Crippen molar-refractivity contribution >= 4 is 5.97 Å². The molecule has 84 valence electrons. The van der Waals surface area contributed by atoms with Crippen LogP contribution in [-0.4, -0.2) is 19.1 Å². The van der Waals surface area contributed by atoms with E-state index < -0.39 is 0 Å². The van der Waals surface area contributed by atoms with Crippen molar-refractivity contribution in [2.75, 3.05) is 13.2 Å². The van der Waals surface area contributed by atoms with E-state index >= 15 is 0 Å². The molecule has 0 aromatic rings. The fourth-order valence-corrected chi connectivity index (χ4v) is 1.14. The Morgan fingerprint density at radius 1 is 1.33 bits per heavy atom. The molecule has 0 aliphatic rings. The normalized spacial score (nSPS) is 9.20. The molecule has 2 N–H and O–H groups in total. The van der Waals surface area contributed by atoms with Gasteiger partial charge in [-0.1, -0.05) is 17.7 Å². The van der Waals surface area contributed by atoms with E-state index in [1.54, 1.807) is 19.1 Å². The van der Waals surface area contributed by atoms with Crippen LogP contribution in [0.1, 0.15) is 19.8 Å². The van der Waals surface area contributed by atoms with Gasteiger partial charge in [-0.3, -0.25) is 0 Å². The van der Waals surface area contributed by atoms with Crippen LogP contribution in [0.15, 0.2) is 36.5 Å². The molecule has 0 saturated carbocycles. The molecule has 0 aliphatic heterocycles. The smallest absolute Gasteiger partial charge is 0.333 e. The second kappa shape index (κ2) is 8.00. The summed E-state index contributed by atoms with van der Waals surface area (Å²) >= 11 is 0. The summed E-state index contributed by atoms with van der Waals surface area (Å²) in [5.41, 5.74) is 6.86. The van der Waals surface area contributed by atoms with Gasteiger partial charge in [0, 0.05) is 12.1 Å². The molecule has 0 unspecified atom stereocenters. The Kier molecular flexibility index (Phi) is 7.28. The fraction of sp³-hybridized carbons (Fsp3) is 0.417. The number of allylic oxidation sites excluding steroid dienone is 3. The molecule has 0 radical (unpaired) electrons. The molecule has 3 heteroatoms. The van der Waals surface area contributed by atoms with Crippen LogP contribution in [0.5, 0.6) is 0 Å². The van der Waals surface area contributed by atoms with E-state index in [0.717, 1.165) is 5.57 Å². The zero-order valence-corrected chi connectivity index (χ0v) is 9.29. The Labute approximate surface area is 91.3 Å². The fourth-order valence-electron chi connectivity index (χ4n) is 1.14. The van der Waals surface area contributed by atoms with E-state index in [-0.39, 0.29) is 12.6 Å². The van der Waals surface area contributed by atoms with Crippen molar-refractivity contribution in [3.63, 3.8) is 0 Å². The van der Waals surface area contributed by atoms with Crippen LogP contribution in [0, 0.1) is 0 Å². The zero-order chi connectivity index (χ0) is 11.7. The maximum absolute atomic E-state index is 11.5. The minimum atomic E-state index is -0.306. The van der Waals surface area contributed by atoms with Crippen LogP contribution in [-0.2, 0) is 9.53 Å². The van der Waals surface area contributed by atoms with Gasteiger partial charge >= 0.3 is 5.97 Å². The molecule has 0 fully saturated rings. The van der Waals surface area contributed by atoms with Gasteiger partial charge in [-0.2, -0.15) is 0 Å². The summed E-state index contributed by atoms with van der Waals surface area (Å²) in [6, 6.07) is 0. The molecule has 0 aromatic carbocycles. The van der Waals surface area contributed by atoms with Crippen molar-refractivity contribution in [3.05, 3.63) is 36.5 Å². The molecule has 0 saturated heterocycles. The van der Waals surface area contributed by atoms with Crippen LogP contribution >= 0.6 is 0 Å². The predicted octanol–water partition coefficient (Wildman–Crippen LogP) is 1.96. The Balaban J connectivity index is 4.58. The van der Waals surface area contributed by atoms with Crippen molar-refractivity contribution in [2.24, 2.45) is 5.73 Å². The van der Waals surface area contributed by atoms with Gasteiger partial charge in [-0.05, 0) is 19.8 Å². The van der Waals surface area contributed by atoms with Crippen LogP contribution in [0.2, 0.25) is 0 Å². The predicted molar refractivity (Wildman–Crippen MR) is 62.3 cm³/mol. The minimum absolute atomic E-state index is 0.256. The SMILES string of the molecule is C=CCC(CC=C)=C(C)C(=O)OCCN. The van der Waals surface area contributed by atoms with Gasteiger partial charge in [-0.25, -0.2) is 4.79 Å². The van der Waals surface area contributed by atoms with Gasteiger partial charge in [0.25, 0.3) is 0 Å². The zero-order valence-electron chi connectivity index (χ0n) is 9.29. The number of ether oxygens (including phenoxy) is 1. The summed E-state index contributed by atoms with van der Waals surface area (Å²) in [6.45, 7) is 9.64. The molecule has 0 heterocycles. The lowest BCUT2D eigenvalue weighted by Crippen LogP contribution is -2.15. The molecule has 3 nitrogen and oxygen atoms in total. The highest BCUT2D eigenvalue weighted by Crippen LogP contribution is 2.15. The van der Waals surface area contributed by atoms with Crippen molar-refractivity contribution in [1.82, 2.24) is 0 Å². The topological polar surface area (TPSA) is 52.3 Å². The largest absolute Gasteiger partial charge is 0.461 e. The first-order valence-corrected chi connectivity index (χ1v) is 4.95. The highest BCUT2D eigenvalue weighted by atomic mass is 16.5. The molecular formula is C12H19NO2. The number of hydrogen-bond donors (Lipinski definition) is 1. The number of esters is 1. The quantitative estimate of drug-likeness (QED) is 0.396. The minimum Gasteiger partial charge on any atom is -0.461 e. The first kappa shape index (κ1) is 13.7. The van der Waals surface area contributed by atoms with Gasteiger partial charge in [0.1, 0.15) is 6.61 Å². The average Bonchev–Trinajstić information content (AvgIpc) is 2.24. The van der Waals surface area contributed by atoms with Crippen molar-refractivity contribution in [1.29, 1.82) is 0 Å². The van der Waals surface area contributed by atoms with Crippen LogP contribution in [0.25, 0.3) is 0 Å². The highest BCUT2D eigenvalue weighted by molar-refractivity contribution is 5.88. The molecule has 0 aromatic heterocycles. The lowest BCUT2D eigenvalue weighted by molar-refractivity contribution is -0.138.